The van der Waals surface area contributed by atoms with Gasteiger partial charge >= 0.3 is 0 Å². The first-order valence-electron chi connectivity index (χ1n) is 7.04. The number of halogens is 1. The van der Waals surface area contributed by atoms with Gasteiger partial charge in [-0.3, -0.25) is 0 Å². The molecule has 100 valence electrons. The Morgan fingerprint density at radius 3 is 2.41 bits per heavy atom. The standard InChI is InChI=1S/C14H25BrO2/c1-16-12-6-5-7-13(10-12)17-14(11-15)8-3-2-4-9-14/h12-13H,2-11H2,1H3. The van der Waals surface area contributed by atoms with Gasteiger partial charge in [0.15, 0.2) is 0 Å². The highest BCUT2D eigenvalue weighted by Gasteiger charge is 2.36. The van der Waals surface area contributed by atoms with Gasteiger partial charge in [-0.1, -0.05) is 35.2 Å². The van der Waals surface area contributed by atoms with Crippen LogP contribution in [0.3, 0.4) is 0 Å². The van der Waals surface area contributed by atoms with Crippen molar-refractivity contribution >= 4 is 15.9 Å². The number of hydrogen-bond acceptors (Lipinski definition) is 2. The highest BCUT2D eigenvalue weighted by atomic mass is 79.9. The lowest BCUT2D eigenvalue weighted by molar-refractivity contribution is -0.125. The number of ether oxygens (including phenoxy) is 2. The molecule has 3 heteroatoms. The van der Waals surface area contributed by atoms with Gasteiger partial charge < -0.3 is 9.47 Å². The molecular formula is C14H25BrO2. The van der Waals surface area contributed by atoms with Crippen molar-refractivity contribution in [2.24, 2.45) is 0 Å². The van der Waals surface area contributed by atoms with Gasteiger partial charge in [-0.25, -0.2) is 0 Å². The van der Waals surface area contributed by atoms with Gasteiger partial charge in [0.05, 0.1) is 17.8 Å². The third kappa shape index (κ3) is 3.68. The molecule has 2 fully saturated rings. The van der Waals surface area contributed by atoms with Crippen LogP contribution in [0.4, 0.5) is 0 Å². The van der Waals surface area contributed by atoms with E-state index < -0.39 is 0 Å². The van der Waals surface area contributed by atoms with Gasteiger partial charge in [-0.2, -0.15) is 0 Å². The minimum absolute atomic E-state index is 0.124. The second-order valence-electron chi connectivity index (χ2n) is 5.64. The van der Waals surface area contributed by atoms with E-state index in [0.717, 1.165) is 11.8 Å². The zero-order valence-corrected chi connectivity index (χ0v) is 12.5. The van der Waals surface area contributed by atoms with Crippen LogP contribution in [0.5, 0.6) is 0 Å². The Labute approximate surface area is 114 Å². The van der Waals surface area contributed by atoms with Crippen molar-refractivity contribution < 1.29 is 9.47 Å². The Hall–Kier alpha value is 0.400. The van der Waals surface area contributed by atoms with Gasteiger partial charge in [0.2, 0.25) is 0 Å². The molecule has 2 unspecified atom stereocenters. The van der Waals surface area contributed by atoms with Crippen LogP contribution >= 0.6 is 15.9 Å². The molecule has 0 aromatic heterocycles. The smallest absolute Gasteiger partial charge is 0.0782 e. The van der Waals surface area contributed by atoms with Gasteiger partial charge in [-0.05, 0) is 38.5 Å². The van der Waals surface area contributed by atoms with Crippen molar-refractivity contribution in [1.82, 2.24) is 0 Å². The zero-order valence-electron chi connectivity index (χ0n) is 10.9. The highest BCUT2D eigenvalue weighted by molar-refractivity contribution is 9.09. The van der Waals surface area contributed by atoms with Gasteiger partial charge in [0.25, 0.3) is 0 Å². The molecule has 0 bridgehead atoms. The van der Waals surface area contributed by atoms with Crippen LogP contribution in [0.25, 0.3) is 0 Å². The molecule has 2 nitrogen and oxygen atoms in total. The number of alkyl halides is 1. The minimum atomic E-state index is 0.124. The Balaban J connectivity index is 1.88. The summed E-state index contributed by atoms with van der Waals surface area (Å²) in [5.74, 6) is 0. The van der Waals surface area contributed by atoms with Crippen LogP contribution in [0.15, 0.2) is 0 Å². The summed E-state index contributed by atoms with van der Waals surface area (Å²) in [6.45, 7) is 0. The molecule has 17 heavy (non-hydrogen) atoms. The van der Waals surface area contributed by atoms with Crippen LogP contribution < -0.4 is 0 Å². The van der Waals surface area contributed by atoms with Crippen LogP contribution in [0.1, 0.15) is 57.8 Å². The molecule has 0 N–H and O–H groups in total. The van der Waals surface area contributed by atoms with E-state index >= 15 is 0 Å². The third-order valence-electron chi connectivity index (χ3n) is 4.34. The molecule has 2 aliphatic rings. The van der Waals surface area contributed by atoms with Crippen LogP contribution in [-0.2, 0) is 9.47 Å². The third-order valence-corrected chi connectivity index (χ3v) is 5.36. The summed E-state index contributed by atoms with van der Waals surface area (Å²) >= 11 is 3.67. The Morgan fingerprint density at radius 2 is 1.76 bits per heavy atom. The molecule has 0 aromatic rings. The molecule has 0 aromatic carbocycles. The van der Waals surface area contributed by atoms with Crippen LogP contribution in [0, 0.1) is 0 Å². The second kappa shape index (κ2) is 6.53. The molecule has 2 atom stereocenters. The van der Waals surface area contributed by atoms with E-state index in [1.54, 1.807) is 0 Å². The first-order chi connectivity index (χ1) is 8.28. The van der Waals surface area contributed by atoms with Gasteiger partial charge in [0, 0.05) is 12.4 Å². The normalized spacial score (nSPS) is 33.5. The Kier molecular flexibility index (Phi) is 5.31. The Bertz CT molecular complexity index is 226. The average molecular weight is 305 g/mol. The van der Waals surface area contributed by atoms with E-state index in [-0.39, 0.29) is 5.60 Å². The fraction of sp³-hybridized carbons (Fsp3) is 1.00. The van der Waals surface area contributed by atoms with Gasteiger partial charge in [-0.15, -0.1) is 0 Å². The van der Waals surface area contributed by atoms with Gasteiger partial charge in [0.1, 0.15) is 0 Å². The largest absolute Gasteiger partial charge is 0.381 e. The zero-order chi connectivity index (χ0) is 12.1. The molecule has 2 aliphatic carbocycles. The van der Waals surface area contributed by atoms with E-state index in [0.29, 0.717) is 12.2 Å². The number of methoxy groups -OCH3 is 1. The summed E-state index contributed by atoms with van der Waals surface area (Å²) in [6.07, 6.45) is 12.1. The lowest BCUT2D eigenvalue weighted by atomic mass is 9.85. The van der Waals surface area contributed by atoms with Crippen molar-refractivity contribution in [1.29, 1.82) is 0 Å². The van der Waals surface area contributed by atoms with Crippen molar-refractivity contribution in [2.45, 2.75) is 75.6 Å². The molecule has 2 rings (SSSR count). The molecule has 2 saturated carbocycles. The quantitative estimate of drug-likeness (QED) is 0.729. The fourth-order valence-corrected chi connectivity index (χ4v) is 3.95. The summed E-state index contributed by atoms with van der Waals surface area (Å²) in [5.41, 5.74) is 0.124. The van der Waals surface area contributed by atoms with Crippen molar-refractivity contribution in [3.63, 3.8) is 0 Å². The van der Waals surface area contributed by atoms with E-state index in [9.17, 15) is 0 Å². The maximum atomic E-state index is 6.47. The van der Waals surface area contributed by atoms with E-state index in [1.165, 1.54) is 51.4 Å². The first-order valence-corrected chi connectivity index (χ1v) is 8.17. The summed E-state index contributed by atoms with van der Waals surface area (Å²) in [4.78, 5) is 0. The summed E-state index contributed by atoms with van der Waals surface area (Å²) in [6, 6.07) is 0. The minimum Gasteiger partial charge on any atom is -0.381 e. The molecule has 0 radical (unpaired) electrons. The summed E-state index contributed by atoms with van der Waals surface area (Å²) < 4.78 is 12.0. The summed E-state index contributed by atoms with van der Waals surface area (Å²) in [7, 11) is 1.83. The Morgan fingerprint density at radius 1 is 1.06 bits per heavy atom. The van der Waals surface area contributed by atoms with Crippen LogP contribution in [0.2, 0.25) is 0 Å². The average Bonchev–Trinajstić information content (AvgIpc) is 2.40. The molecule has 0 heterocycles. The van der Waals surface area contributed by atoms with Crippen molar-refractivity contribution in [3.05, 3.63) is 0 Å². The fourth-order valence-electron chi connectivity index (χ4n) is 3.26. The van der Waals surface area contributed by atoms with Crippen LogP contribution in [-0.4, -0.2) is 30.2 Å². The SMILES string of the molecule is COC1CCCC(OC2(CBr)CCCCC2)C1. The van der Waals surface area contributed by atoms with Crippen molar-refractivity contribution in [2.75, 3.05) is 12.4 Å². The highest BCUT2D eigenvalue weighted by Crippen LogP contribution is 2.37. The lowest BCUT2D eigenvalue weighted by Crippen LogP contribution is -2.42. The van der Waals surface area contributed by atoms with Crippen molar-refractivity contribution in [3.8, 4) is 0 Å². The van der Waals surface area contributed by atoms with E-state index in [4.69, 9.17) is 9.47 Å². The van der Waals surface area contributed by atoms with E-state index in [1.807, 2.05) is 7.11 Å². The monoisotopic (exact) mass is 304 g/mol. The number of hydrogen-bond donors (Lipinski definition) is 0. The molecular weight excluding hydrogens is 280 g/mol. The van der Waals surface area contributed by atoms with E-state index in [2.05, 4.69) is 15.9 Å². The molecule has 0 saturated heterocycles. The topological polar surface area (TPSA) is 18.5 Å². The second-order valence-corrected chi connectivity index (χ2v) is 6.20. The predicted molar refractivity (Wildman–Crippen MR) is 73.7 cm³/mol. The summed E-state index contributed by atoms with van der Waals surface area (Å²) in [5, 5.41) is 0.994. The maximum absolute atomic E-state index is 6.47. The molecule has 0 aliphatic heterocycles. The molecule has 0 spiro atoms. The number of rotatable bonds is 4. The molecule has 0 amide bonds. The predicted octanol–water partition coefficient (Wildman–Crippen LogP) is 4.06. The lowest BCUT2D eigenvalue weighted by Gasteiger charge is -2.41. The maximum Gasteiger partial charge on any atom is 0.0782 e. The first kappa shape index (κ1) is 13.8.